The maximum atomic E-state index is 14.7. The number of para-hydroxylation sites is 1. The van der Waals surface area contributed by atoms with Crippen LogP contribution >= 0.6 is 0 Å². The lowest BCUT2D eigenvalue weighted by Gasteiger charge is -2.44. The van der Waals surface area contributed by atoms with Gasteiger partial charge in [-0.1, -0.05) is 63.3 Å². The molecule has 1 N–H and O–H groups in total. The van der Waals surface area contributed by atoms with Crippen LogP contribution in [0.4, 0.5) is 5.69 Å². The minimum atomic E-state index is -1.27. The van der Waals surface area contributed by atoms with Gasteiger partial charge in [-0.05, 0) is 64.0 Å². The maximum Gasteiger partial charge on any atom is 0.249 e. The fourth-order valence-electron chi connectivity index (χ4n) is 8.11. The molecular weight excluding hydrogens is 530 g/mol. The Bertz CT molecular complexity index is 1270. The van der Waals surface area contributed by atoms with Gasteiger partial charge in [0.05, 0.1) is 17.4 Å². The molecule has 42 heavy (non-hydrogen) atoms. The van der Waals surface area contributed by atoms with E-state index >= 15 is 0 Å². The number of likely N-dealkylation sites (tertiary alicyclic amines) is 1. The highest BCUT2D eigenvalue weighted by atomic mass is 16.5. The number of unbranched alkanes of at least 4 members (excludes halogenated alkanes) is 2. The molecular formula is C34H47N3O5. The largest absolute Gasteiger partial charge is 0.396 e. The molecule has 3 amide bonds. The predicted molar refractivity (Wildman–Crippen MR) is 163 cm³/mol. The van der Waals surface area contributed by atoms with Crippen LogP contribution in [-0.4, -0.2) is 81.7 Å². The Morgan fingerprint density at radius 1 is 0.881 bits per heavy atom. The molecule has 2 fully saturated rings. The molecule has 0 aliphatic carbocycles. The van der Waals surface area contributed by atoms with E-state index in [0.717, 1.165) is 18.5 Å². The second-order valence-corrected chi connectivity index (χ2v) is 14.4. The zero-order valence-corrected chi connectivity index (χ0v) is 26.0. The van der Waals surface area contributed by atoms with Crippen molar-refractivity contribution in [3.05, 3.63) is 54.6 Å². The molecule has 5 atom stereocenters. The van der Waals surface area contributed by atoms with Crippen molar-refractivity contribution in [1.82, 2.24) is 9.80 Å². The molecule has 2 saturated heterocycles. The number of benzene rings is 1. The summed E-state index contributed by atoms with van der Waals surface area (Å²) in [5, 5.41) is 9.34. The van der Waals surface area contributed by atoms with Crippen LogP contribution in [0, 0.1) is 17.3 Å². The van der Waals surface area contributed by atoms with Gasteiger partial charge in [0.25, 0.3) is 0 Å². The molecule has 8 heteroatoms. The van der Waals surface area contributed by atoms with Gasteiger partial charge in [0.2, 0.25) is 17.7 Å². The molecule has 8 nitrogen and oxygen atoms in total. The fourth-order valence-corrected chi connectivity index (χ4v) is 8.11. The van der Waals surface area contributed by atoms with E-state index in [1.54, 1.807) is 9.80 Å². The van der Waals surface area contributed by atoms with Gasteiger partial charge in [-0.2, -0.15) is 0 Å². The van der Waals surface area contributed by atoms with Gasteiger partial charge in [0.15, 0.2) is 0 Å². The zero-order chi connectivity index (χ0) is 30.5. The summed E-state index contributed by atoms with van der Waals surface area (Å²) in [6.45, 7) is 13.8. The van der Waals surface area contributed by atoms with Gasteiger partial charge < -0.3 is 24.5 Å². The Hall–Kier alpha value is -2.97. The van der Waals surface area contributed by atoms with E-state index in [4.69, 9.17) is 4.74 Å². The lowest BCUT2D eigenvalue weighted by atomic mass is 9.74. The average Bonchev–Trinajstić information content (AvgIpc) is 3.16. The second-order valence-electron chi connectivity index (χ2n) is 14.4. The van der Waals surface area contributed by atoms with Gasteiger partial charge in [0, 0.05) is 37.5 Å². The summed E-state index contributed by atoms with van der Waals surface area (Å²) < 4.78 is 6.97. The lowest BCUT2D eigenvalue weighted by molar-refractivity contribution is -0.155. The highest BCUT2D eigenvalue weighted by Gasteiger charge is 2.75. The van der Waals surface area contributed by atoms with Gasteiger partial charge in [-0.15, -0.1) is 0 Å². The molecule has 4 aliphatic heterocycles. The fraction of sp³-hybridized carbons (Fsp3) is 0.618. The normalized spacial score (nSPS) is 31.3. The van der Waals surface area contributed by atoms with Crippen molar-refractivity contribution in [1.29, 1.82) is 0 Å². The topological polar surface area (TPSA) is 90.4 Å². The van der Waals surface area contributed by atoms with Crippen molar-refractivity contribution in [2.45, 2.75) is 90.0 Å². The average molecular weight is 578 g/mol. The highest BCUT2D eigenvalue weighted by Crippen LogP contribution is 2.58. The third-order valence-electron chi connectivity index (χ3n) is 9.38. The Morgan fingerprint density at radius 2 is 1.57 bits per heavy atom. The van der Waals surface area contributed by atoms with E-state index in [-0.39, 0.29) is 29.7 Å². The van der Waals surface area contributed by atoms with E-state index in [1.165, 1.54) is 0 Å². The third kappa shape index (κ3) is 5.11. The standard InChI is InChI=1S/C34H47N3O5/c1-31(2,3)23-32(4,5)37-21-14-18-34-26(29(40)36(27(34)30(37)41)19-11-8-12-22-38)25-28(39)35(24-15-9-7-10-16-24)20-13-17-33(25,6)42-34/h7,9-10,13-18,25-27,38H,8,11-12,19-23H2,1-6H3/t25-,26-,27?,33+,34-/m0/s1. The van der Waals surface area contributed by atoms with E-state index in [2.05, 4.69) is 34.6 Å². The maximum absolute atomic E-state index is 14.7. The number of rotatable bonds is 8. The quantitative estimate of drug-likeness (QED) is 0.367. The van der Waals surface area contributed by atoms with Crippen molar-refractivity contribution >= 4 is 23.4 Å². The van der Waals surface area contributed by atoms with Crippen LogP contribution in [0.3, 0.4) is 0 Å². The predicted octanol–water partition coefficient (Wildman–Crippen LogP) is 4.34. The van der Waals surface area contributed by atoms with Crippen LogP contribution in [0.25, 0.3) is 0 Å². The number of ether oxygens (including phenoxy) is 1. The Kier molecular flexibility index (Phi) is 7.94. The van der Waals surface area contributed by atoms with Gasteiger partial charge in [0.1, 0.15) is 11.6 Å². The molecule has 4 aliphatic rings. The molecule has 1 unspecified atom stereocenters. The van der Waals surface area contributed by atoms with E-state index in [9.17, 15) is 19.5 Å². The molecule has 0 radical (unpaired) electrons. The number of fused-ring (bicyclic) bond motifs is 2. The summed E-state index contributed by atoms with van der Waals surface area (Å²) in [6, 6.07) is 8.63. The van der Waals surface area contributed by atoms with Crippen LogP contribution < -0.4 is 4.90 Å². The number of carbonyl (C=O) groups excluding carboxylic acids is 3. The molecule has 0 saturated carbocycles. The number of hydrogen-bond donors (Lipinski definition) is 1. The number of aliphatic hydroxyl groups is 1. The van der Waals surface area contributed by atoms with Gasteiger partial charge in [-0.25, -0.2) is 0 Å². The van der Waals surface area contributed by atoms with Crippen molar-refractivity contribution in [2.24, 2.45) is 17.3 Å². The van der Waals surface area contributed by atoms with E-state index in [0.29, 0.717) is 32.5 Å². The highest BCUT2D eigenvalue weighted by molar-refractivity contribution is 6.04. The molecule has 228 valence electrons. The minimum Gasteiger partial charge on any atom is -0.396 e. The van der Waals surface area contributed by atoms with E-state index in [1.807, 2.05) is 66.5 Å². The number of anilines is 1. The summed E-state index contributed by atoms with van der Waals surface area (Å²) in [5.74, 6) is -2.13. The number of aliphatic hydroxyl groups excluding tert-OH is 1. The SMILES string of the molecule is CC(C)(C)CC(C)(C)N1CC=C[C@]23O[C@]4(C)C=CCN(c5ccccc5)C(=O)[C@@H]4[C@H]2C(=O)N(CCCCCO)C3C1=O. The van der Waals surface area contributed by atoms with Crippen molar-refractivity contribution < 1.29 is 24.2 Å². The summed E-state index contributed by atoms with van der Waals surface area (Å²) >= 11 is 0. The van der Waals surface area contributed by atoms with Crippen molar-refractivity contribution in [3.63, 3.8) is 0 Å². The van der Waals surface area contributed by atoms with Gasteiger partial charge >= 0.3 is 0 Å². The number of carbonyl (C=O) groups is 3. The smallest absolute Gasteiger partial charge is 0.249 e. The molecule has 0 bridgehead atoms. The first kappa shape index (κ1) is 30.5. The Labute approximate surface area is 250 Å². The van der Waals surface area contributed by atoms with Gasteiger partial charge in [-0.3, -0.25) is 14.4 Å². The number of amides is 3. The molecule has 1 spiro atoms. The van der Waals surface area contributed by atoms with Crippen molar-refractivity contribution in [3.8, 4) is 0 Å². The summed E-state index contributed by atoms with van der Waals surface area (Å²) in [4.78, 5) is 49.0. The molecule has 5 rings (SSSR count). The summed E-state index contributed by atoms with van der Waals surface area (Å²) in [7, 11) is 0. The van der Waals surface area contributed by atoms with Crippen LogP contribution in [0.1, 0.15) is 67.2 Å². The monoisotopic (exact) mass is 577 g/mol. The Morgan fingerprint density at radius 3 is 2.24 bits per heavy atom. The van der Waals surface area contributed by atoms with Crippen LogP contribution in [0.5, 0.6) is 0 Å². The first-order chi connectivity index (χ1) is 19.8. The first-order valence-electron chi connectivity index (χ1n) is 15.4. The molecule has 1 aromatic carbocycles. The van der Waals surface area contributed by atoms with Crippen LogP contribution in [-0.2, 0) is 19.1 Å². The first-order valence-corrected chi connectivity index (χ1v) is 15.4. The third-order valence-corrected chi connectivity index (χ3v) is 9.38. The second kappa shape index (κ2) is 10.9. The number of hydrogen-bond acceptors (Lipinski definition) is 5. The lowest BCUT2D eigenvalue weighted by Crippen LogP contribution is -2.60. The summed E-state index contributed by atoms with van der Waals surface area (Å²) in [5.41, 5.74) is -2.04. The number of nitrogens with zero attached hydrogens (tertiary/aromatic N) is 3. The summed E-state index contributed by atoms with van der Waals surface area (Å²) in [6.07, 6.45) is 10.6. The van der Waals surface area contributed by atoms with Crippen LogP contribution in [0.15, 0.2) is 54.6 Å². The van der Waals surface area contributed by atoms with Crippen LogP contribution in [0.2, 0.25) is 0 Å². The van der Waals surface area contributed by atoms with E-state index < -0.39 is 34.6 Å². The Balaban J connectivity index is 1.59. The van der Waals surface area contributed by atoms with Crippen molar-refractivity contribution in [2.75, 3.05) is 31.1 Å². The molecule has 4 heterocycles. The minimum absolute atomic E-state index is 0.0157. The zero-order valence-electron chi connectivity index (χ0n) is 26.0. The molecule has 1 aromatic rings. The molecule has 0 aromatic heterocycles.